The van der Waals surface area contributed by atoms with Crippen molar-refractivity contribution in [2.75, 3.05) is 39.6 Å². The van der Waals surface area contributed by atoms with Gasteiger partial charge in [-0.1, -0.05) is 288 Å². The summed E-state index contributed by atoms with van der Waals surface area (Å²) in [5.41, 5.74) is 0. The monoisotopic (exact) mass is 1550 g/mol. The number of ether oxygens (including phenoxy) is 4. The average Bonchev–Trinajstić information content (AvgIpc) is 0.906. The second kappa shape index (κ2) is 79.5. The van der Waals surface area contributed by atoms with Crippen molar-refractivity contribution in [1.82, 2.24) is 0 Å². The summed E-state index contributed by atoms with van der Waals surface area (Å²) in [4.78, 5) is 73.1. The molecule has 5 atom stereocenters. The molecule has 0 saturated carbocycles. The summed E-state index contributed by atoms with van der Waals surface area (Å²) in [6, 6.07) is 0. The van der Waals surface area contributed by atoms with E-state index in [9.17, 15) is 43.2 Å². The first-order valence-corrected chi connectivity index (χ1v) is 44.4. The quantitative estimate of drug-likeness (QED) is 0.0169. The highest BCUT2D eigenvalue weighted by atomic mass is 31.2. The summed E-state index contributed by atoms with van der Waals surface area (Å²) in [7, 11) is -10.0. The zero-order valence-electron chi connectivity index (χ0n) is 67.2. The molecule has 0 saturated heterocycles. The number of rotatable bonds is 76. The third-order valence-corrected chi connectivity index (χ3v) is 18.5. The first-order chi connectivity index (χ1) is 52.7. The largest absolute Gasteiger partial charge is 0.472 e. The lowest BCUT2D eigenvalue weighted by Gasteiger charge is -2.21. The minimum Gasteiger partial charge on any atom is -0.462 e. The number of aliphatic hydroxyl groups excluding tert-OH is 1. The van der Waals surface area contributed by atoms with E-state index in [0.717, 1.165) is 161 Å². The summed E-state index contributed by atoms with van der Waals surface area (Å²) in [5, 5.41) is 10.7. The number of phosphoric ester groups is 2. The average molecular weight is 1550 g/mol. The molecule has 108 heavy (non-hydrogen) atoms. The second-order valence-corrected chi connectivity index (χ2v) is 29.8. The third-order valence-electron chi connectivity index (χ3n) is 16.6. The van der Waals surface area contributed by atoms with Crippen molar-refractivity contribution in [2.24, 2.45) is 0 Å². The normalized spacial score (nSPS) is 14.7. The molecule has 0 radical (unpaired) electrons. The molecule has 0 spiro atoms. The lowest BCUT2D eigenvalue weighted by molar-refractivity contribution is -0.161. The summed E-state index contributed by atoms with van der Waals surface area (Å²) in [6.45, 7) is 4.46. The van der Waals surface area contributed by atoms with Gasteiger partial charge in [0.25, 0.3) is 0 Å². The Morgan fingerprint density at radius 2 is 0.491 bits per heavy atom. The van der Waals surface area contributed by atoms with Crippen LogP contribution in [0.5, 0.6) is 0 Å². The van der Waals surface area contributed by atoms with Gasteiger partial charge in [0.05, 0.1) is 26.4 Å². The van der Waals surface area contributed by atoms with Gasteiger partial charge in [-0.25, -0.2) is 9.13 Å². The van der Waals surface area contributed by atoms with Crippen LogP contribution in [0.15, 0.2) is 170 Å². The van der Waals surface area contributed by atoms with Crippen LogP contribution in [0.4, 0.5) is 0 Å². The smallest absolute Gasteiger partial charge is 0.462 e. The van der Waals surface area contributed by atoms with Crippen LogP contribution in [-0.4, -0.2) is 96.7 Å². The molecule has 17 nitrogen and oxygen atoms in total. The van der Waals surface area contributed by atoms with Gasteiger partial charge in [0.1, 0.15) is 19.3 Å². The molecule has 3 N–H and O–H groups in total. The van der Waals surface area contributed by atoms with E-state index in [4.69, 9.17) is 37.0 Å². The minimum atomic E-state index is -5.01. The van der Waals surface area contributed by atoms with Gasteiger partial charge in [-0.2, -0.15) is 0 Å². The first kappa shape index (κ1) is 102. The Hall–Kier alpha value is -5.58. The highest BCUT2D eigenvalue weighted by molar-refractivity contribution is 7.47. The molecule has 0 bridgehead atoms. The number of phosphoric acid groups is 2. The van der Waals surface area contributed by atoms with Gasteiger partial charge in [-0.3, -0.25) is 37.3 Å². The number of esters is 4. The molecule has 0 aromatic heterocycles. The van der Waals surface area contributed by atoms with E-state index in [1.165, 1.54) is 57.8 Å². The maximum Gasteiger partial charge on any atom is 0.472 e. The van der Waals surface area contributed by atoms with Crippen molar-refractivity contribution in [1.29, 1.82) is 0 Å². The van der Waals surface area contributed by atoms with Gasteiger partial charge in [-0.05, 0) is 167 Å². The third kappa shape index (κ3) is 78.5. The van der Waals surface area contributed by atoms with Crippen LogP contribution >= 0.6 is 15.6 Å². The topological polar surface area (TPSA) is 237 Å². The molecule has 0 aromatic carbocycles. The van der Waals surface area contributed by atoms with Crippen molar-refractivity contribution in [3.05, 3.63) is 170 Å². The van der Waals surface area contributed by atoms with Gasteiger partial charge in [-0.15, -0.1) is 0 Å². The number of aliphatic hydroxyl groups is 1. The lowest BCUT2D eigenvalue weighted by Crippen LogP contribution is -2.30. The van der Waals surface area contributed by atoms with Crippen molar-refractivity contribution < 1.29 is 80.2 Å². The summed E-state index contributed by atoms with van der Waals surface area (Å²) in [5.74, 6) is -2.34. The molecule has 5 unspecified atom stereocenters. The molecule has 0 amide bonds. The zero-order chi connectivity index (χ0) is 78.9. The van der Waals surface area contributed by atoms with Gasteiger partial charge < -0.3 is 33.8 Å². The van der Waals surface area contributed by atoms with E-state index in [-0.39, 0.29) is 25.7 Å². The fourth-order valence-corrected chi connectivity index (χ4v) is 12.0. The SMILES string of the molecule is CC/C=C\C/C=C\C/C=C\C/C=C\C/C=C\CCCC(=O)OCC(COP(=O)(O)OCC(O)COP(=O)(O)OCC(COC(=O)CCCCCCCC/C=C\C/C=C\C/C=C\CCCCC)OC(=O)CCC/C=C\C/C=C\C/C=C\C/C=C\C/C=C\CC)OC(=O)CCCCCCC/C=C\CCCCCCCC. The lowest BCUT2D eigenvalue weighted by atomic mass is 10.1. The number of allylic oxidation sites excluding steroid dienone is 28. The van der Waals surface area contributed by atoms with Crippen LogP contribution in [0.3, 0.4) is 0 Å². The van der Waals surface area contributed by atoms with E-state index in [0.29, 0.717) is 38.5 Å². The molecule has 0 aromatic rings. The summed E-state index contributed by atoms with van der Waals surface area (Å²) < 4.78 is 68.6. The molecule has 0 fully saturated rings. The number of hydrogen-bond donors (Lipinski definition) is 3. The van der Waals surface area contributed by atoms with Gasteiger partial charge in [0.15, 0.2) is 12.2 Å². The minimum absolute atomic E-state index is 0.00649. The van der Waals surface area contributed by atoms with Crippen molar-refractivity contribution in [2.45, 2.75) is 329 Å². The number of unbranched alkanes of at least 4 members (excludes halogenated alkanes) is 22. The van der Waals surface area contributed by atoms with Crippen LogP contribution in [-0.2, 0) is 65.4 Å². The predicted octanol–water partition coefficient (Wildman–Crippen LogP) is 24.6. The highest BCUT2D eigenvalue weighted by Gasteiger charge is 2.30. The van der Waals surface area contributed by atoms with Crippen molar-refractivity contribution in [3.8, 4) is 0 Å². The van der Waals surface area contributed by atoms with Crippen LogP contribution in [0.25, 0.3) is 0 Å². The molecule has 19 heteroatoms. The standard InChI is InChI=1S/C89H146O17P2/c1-5-9-13-17-21-25-29-33-37-40-41-44-47-50-54-58-62-66-70-74-87(92)100-80-85(106-89(94)76-72-68-64-60-56-52-48-43-39-35-31-27-23-19-15-11-7-3)82-104-108(97,98)102-78-83(90)77-101-107(95,96)103-81-84(105-88(93)75-71-67-63-59-55-51-45-36-32-28-24-20-16-12-8-4)79-99-86(91)73-69-65-61-57-53-49-46-42-38-34-30-26-22-18-14-10-6-2/h10-11,14-15,21-23,25-27,33-39,41,44-46,48-49,52,57,60-61,64,83-85,90H,5-9,12-13,16-20,24,28-32,40,42-43,47,50-51,53-56,58-59,62-63,65-82H2,1-4H3,(H,95,96)(H,97,98)/b14-10-,15-11-,25-21-,26-22-,27-23-,37-33-,38-34-,39-35-,44-41-,45-36-,49-46-,52-48-,61-57-,64-60-. The highest BCUT2D eigenvalue weighted by Crippen LogP contribution is 2.45. The van der Waals surface area contributed by atoms with Crippen LogP contribution in [0.2, 0.25) is 0 Å². The van der Waals surface area contributed by atoms with E-state index >= 15 is 0 Å². The van der Waals surface area contributed by atoms with Crippen LogP contribution < -0.4 is 0 Å². The zero-order valence-corrected chi connectivity index (χ0v) is 69.0. The molecule has 614 valence electrons. The van der Waals surface area contributed by atoms with Gasteiger partial charge in [0.2, 0.25) is 0 Å². The first-order valence-electron chi connectivity index (χ1n) is 41.4. The van der Waals surface area contributed by atoms with Crippen LogP contribution in [0.1, 0.15) is 310 Å². The number of carbonyl (C=O) groups is 4. The van der Waals surface area contributed by atoms with Gasteiger partial charge in [0, 0.05) is 25.7 Å². The van der Waals surface area contributed by atoms with Crippen molar-refractivity contribution >= 4 is 39.5 Å². The fourth-order valence-electron chi connectivity index (χ4n) is 10.4. The molecule has 0 aliphatic carbocycles. The number of carbonyl (C=O) groups excluding carboxylic acids is 4. The molecule has 0 rings (SSSR count). The molecular weight excluding hydrogens is 1400 g/mol. The Morgan fingerprint density at radius 3 is 0.815 bits per heavy atom. The second-order valence-electron chi connectivity index (χ2n) is 26.9. The number of hydrogen-bond acceptors (Lipinski definition) is 15. The molecule has 0 heterocycles. The van der Waals surface area contributed by atoms with Crippen molar-refractivity contribution in [3.63, 3.8) is 0 Å². The maximum absolute atomic E-state index is 13.1. The van der Waals surface area contributed by atoms with E-state index < -0.39 is 97.5 Å². The van der Waals surface area contributed by atoms with Gasteiger partial charge >= 0.3 is 39.5 Å². The van der Waals surface area contributed by atoms with E-state index in [1.807, 2.05) is 24.3 Å². The Bertz CT molecular complexity index is 2710. The molecule has 0 aliphatic rings. The maximum atomic E-state index is 13.1. The Kier molecular flexibility index (Phi) is 75.4. The van der Waals surface area contributed by atoms with Crippen LogP contribution in [0, 0.1) is 0 Å². The Labute approximate surface area is 654 Å². The Balaban J connectivity index is 5.50. The molecule has 0 aliphatic heterocycles. The Morgan fingerprint density at radius 1 is 0.269 bits per heavy atom. The summed E-state index contributed by atoms with van der Waals surface area (Å²) in [6.07, 6.45) is 94.8. The fraction of sp³-hybridized carbons (Fsp3) is 0.640. The van der Waals surface area contributed by atoms with E-state index in [1.54, 1.807) is 0 Å². The van der Waals surface area contributed by atoms with E-state index in [2.05, 4.69) is 174 Å². The summed E-state index contributed by atoms with van der Waals surface area (Å²) >= 11 is 0. The molecular formula is C89H146O17P2. The predicted molar refractivity (Wildman–Crippen MR) is 445 cm³/mol.